The monoisotopic (exact) mass is 318 g/mol. The minimum atomic E-state index is -1.40. The maximum Gasteiger partial charge on any atom is 0.332 e. The van der Waals surface area contributed by atoms with Crippen molar-refractivity contribution in [2.75, 3.05) is 18.5 Å². The normalized spacial score (nSPS) is 21.5. The molecule has 108 valence electrons. The Morgan fingerprint density at radius 2 is 1.90 bits per heavy atom. The minimum Gasteiger partial charge on any atom is -0.479 e. The second-order valence-electron chi connectivity index (χ2n) is 4.43. The van der Waals surface area contributed by atoms with Gasteiger partial charge in [-0.3, -0.25) is 0 Å². The maximum absolute atomic E-state index is 11.9. The molecule has 8 heteroatoms. The summed E-state index contributed by atoms with van der Waals surface area (Å²) in [6, 6.07) is 3.88. The molecular weight excluding hydrogens is 307 g/mol. The largest absolute Gasteiger partial charge is 0.479 e. The van der Waals surface area contributed by atoms with Gasteiger partial charge in [-0.1, -0.05) is 23.2 Å². The molecule has 1 atom stereocenters. The molecule has 0 saturated carbocycles. The van der Waals surface area contributed by atoms with Crippen molar-refractivity contribution in [1.29, 1.82) is 0 Å². The van der Waals surface area contributed by atoms with E-state index < -0.39 is 17.5 Å². The second kappa shape index (κ2) is 5.87. The van der Waals surface area contributed by atoms with Crippen LogP contribution in [-0.4, -0.2) is 35.9 Å². The van der Waals surface area contributed by atoms with Crippen molar-refractivity contribution in [3.8, 4) is 0 Å². The highest BCUT2D eigenvalue weighted by atomic mass is 35.5. The maximum atomic E-state index is 11.9. The number of carbonyl (C=O) groups excluding carboxylic acids is 1. The predicted molar refractivity (Wildman–Crippen MR) is 74.4 cm³/mol. The van der Waals surface area contributed by atoms with E-state index in [1.54, 1.807) is 0 Å². The molecular formula is C12H12Cl2N2O4. The molecule has 1 aliphatic rings. The van der Waals surface area contributed by atoms with Crippen LogP contribution in [-0.2, 0) is 9.53 Å². The third-order valence-electron chi connectivity index (χ3n) is 2.90. The van der Waals surface area contributed by atoms with Crippen LogP contribution in [0.1, 0.15) is 6.42 Å². The van der Waals surface area contributed by atoms with Crippen LogP contribution in [0.2, 0.25) is 10.0 Å². The zero-order valence-electron chi connectivity index (χ0n) is 10.3. The lowest BCUT2D eigenvalue weighted by Crippen LogP contribution is -2.56. The summed E-state index contributed by atoms with van der Waals surface area (Å²) in [6.45, 7) is 0.224. The number of carboxylic acid groups (broad SMARTS) is 1. The van der Waals surface area contributed by atoms with Crippen LogP contribution in [0.4, 0.5) is 10.5 Å². The number of aliphatic carboxylic acids is 1. The van der Waals surface area contributed by atoms with E-state index in [0.29, 0.717) is 15.7 Å². The Kier molecular flexibility index (Phi) is 4.37. The number of anilines is 1. The molecule has 0 aliphatic carbocycles. The number of amides is 2. The van der Waals surface area contributed by atoms with Crippen molar-refractivity contribution in [1.82, 2.24) is 5.32 Å². The Hall–Kier alpha value is -1.50. The molecule has 6 nitrogen and oxygen atoms in total. The number of hydrogen-bond acceptors (Lipinski definition) is 3. The van der Waals surface area contributed by atoms with Gasteiger partial charge in [0.2, 0.25) is 0 Å². The summed E-state index contributed by atoms with van der Waals surface area (Å²) in [4.78, 5) is 23.1. The lowest BCUT2D eigenvalue weighted by atomic mass is 9.99. The van der Waals surface area contributed by atoms with Gasteiger partial charge in [-0.2, -0.15) is 0 Å². The first-order chi connectivity index (χ1) is 9.41. The molecule has 1 fully saturated rings. The Bertz CT molecular complexity index is 524. The van der Waals surface area contributed by atoms with E-state index in [1.807, 2.05) is 0 Å². The highest BCUT2D eigenvalue weighted by molar-refractivity contribution is 6.35. The molecule has 2 rings (SSSR count). The van der Waals surface area contributed by atoms with Crippen molar-refractivity contribution in [2.24, 2.45) is 0 Å². The van der Waals surface area contributed by atoms with Crippen LogP contribution >= 0.6 is 23.2 Å². The van der Waals surface area contributed by atoms with E-state index in [1.165, 1.54) is 18.2 Å². The van der Waals surface area contributed by atoms with Crippen molar-refractivity contribution in [3.63, 3.8) is 0 Å². The van der Waals surface area contributed by atoms with E-state index in [2.05, 4.69) is 10.6 Å². The van der Waals surface area contributed by atoms with Gasteiger partial charge in [0, 0.05) is 28.8 Å². The SMILES string of the molecule is O=C(Nc1cc(Cl)cc(Cl)c1)NC1(C(=O)O)CCOC1. The standard InChI is InChI=1S/C12H12Cl2N2O4/c13-7-3-8(14)5-9(4-7)15-11(19)16-12(10(17)18)1-2-20-6-12/h3-5H,1-2,6H2,(H,17,18)(H2,15,16,19). The molecule has 3 N–H and O–H groups in total. The lowest BCUT2D eigenvalue weighted by Gasteiger charge is -2.23. The van der Waals surface area contributed by atoms with E-state index >= 15 is 0 Å². The molecule has 0 aromatic heterocycles. The molecule has 1 unspecified atom stereocenters. The molecule has 1 aromatic carbocycles. The number of carbonyl (C=O) groups is 2. The number of halogens is 2. The van der Waals surface area contributed by atoms with Crippen LogP contribution in [0, 0.1) is 0 Å². The van der Waals surface area contributed by atoms with Crippen LogP contribution < -0.4 is 10.6 Å². The van der Waals surface area contributed by atoms with Crippen LogP contribution in [0.15, 0.2) is 18.2 Å². The number of rotatable bonds is 3. The summed E-state index contributed by atoms with van der Waals surface area (Å²) >= 11 is 11.6. The lowest BCUT2D eigenvalue weighted by molar-refractivity contribution is -0.144. The fraction of sp³-hybridized carbons (Fsp3) is 0.333. The highest BCUT2D eigenvalue weighted by Crippen LogP contribution is 2.23. The molecule has 1 heterocycles. The summed E-state index contributed by atoms with van der Waals surface area (Å²) in [5.41, 5.74) is -1.02. The Morgan fingerprint density at radius 3 is 2.40 bits per heavy atom. The topological polar surface area (TPSA) is 87.7 Å². The van der Waals surface area contributed by atoms with E-state index in [9.17, 15) is 14.7 Å². The summed E-state index contributed by atoms with van der Waals surface area (Å²) in [7, 11) is 0. The smallest absolute Gasteiger partial charge is 0.332 e. The predicted octanol–water partition coefficient (Wildman–Crippen LogP) is 2.36. The van der Waals surface area contributed by atoms with Crippen LogP contribution in [0.5, 0.6) is 0 Å². The number of ether oxygens (including phenoxy) is 1. The van der Waals surface area contributed by atoms with Gasteiger partial charge in [-0.15, -0.1) is 0 Å². The van der Waals surface area contributed by atoms with Gasteiger partial charge in [-0.25, -0.2) is 9.59 Å². The average Bonchev–Trinajstić information content (AvgIpc) is 2.76. The quantitative estimate of drug-likeness (QED) is 0.798. The number of nitrogens with one attached hydrogen (secondary N) is 2. The number of carboxylic acids is 1. The van der Waals surface area contributed by atoms with Gasteiger partial charge in [0.25, 0.3) is 0 Å². The molecule has 20 heavy (non-hydrogen) atoms. The molecule has 1 saturated heterocycles. The summed E-state index contributed by atoms with van der Waals surface area (Å²) in [5, 5.41) is 14.8. The molecule has 0 spiro atoms. The molecule has 0 bridgehead atoms. The zero-order valence-corrected chi connectivity index (χ0v) is 11.8. The number of hydrogen-bond donors (Lipinski definition) is 3. The van der Waals surface area contributed by atoms with Gasteiger partial charge < -0.3 is 20.5 Å². The third-order valence-corrected chi connectivity index (χ3v) is 3.34. The van der Waals surface area contributed by atoms with Crippen molar-refractivity contribution in [3.05, 3.63) is 28.2 Å². The van der Waals surface area contributed by atoms with Gasteiger partial charge in [-0.05, 0) is 18.2 Å². The van der Waals surface area contributed by atoms with Gasteiger partial charge in [0.15, 0.2) is 5.54 Å². The van der Waals surface area contributed by atoms with E-state index in [0.717, 1.165) is 0 Å². The first-order valence-electron chi connectivity index (χ1n) is 5.78. The number of benzene rings is 1. The van der Waals surface area contributed by atoms with Crippen molar-refractivity contribution in [2.45, 2.75) is 12.0 Å². The van der Waals surface area contributed by atoms with Crippen LogP contribution in [0.3, 0.4) is 0 Å². The van der Waals surface area contributed by atoms with Gasteiger partial charge in [0.1, 0.15) is 0 Å². The minimum absolute atomic E-state index is 0.0634. The van der Waals surface area contributed by atoms with E-state index in [4.69, 9.17) is 27.9 Å². The summed E-state index contributed by atoms with van der Waals surface area (Å²) in [6.07, 6.45) is 0.214. The first-order valence-corrected chi connectivity index (χ1v) is 6.53. The van der Waals surface area contributed by atoms with Crippen molar-refractivity contribution >= 4 is 40.9 Å². The molecule has 2 amide bonds. The summed E-state index contributed by atoms with van der Waals surface area (Å²) in [5.74, 6) is -1.13. The fourth-order valence-electron chi connectivity index (χ4n) is 1.89. The third kappa shape index (κ3) is 3.33. The Morgan fingerprint density at radius 1 is 1.25 bits per heavy atom. The fourth-order valence-corrected chi connectivity index (χ4v) is 2.42. The van der Waals surface area contributed by atoms with Crippen LogP contribution in [0.25, 0.3) is 0 Å². The Balaban J connectivity index is 2.06. The summed E-state index contributed by atoms with van der Waals surface area (Å²) < 4.78 is 5.05. The van der Waals surface area contributed by atoms with Crippen molar-refractivity contribution < 1.29 is 19.4 Å². The highest BCUT2D eigenvalue weighted by Gasteiger charge is 2.44. The van der Waals surface area contributed by atoms with Gasteiger partial charge in [0.05, 0.1) is 6.61 Å². The molecule has 1 aromatic rings. The molecule has 1 aliphatic heterocycles. The Labute approximate surface area is 125 Å². The number of urea groups is 1. The molecule has 0 radical (unpaired) electrons. The first kappa shape index (κ1) is 14.9. The van der Waals surface area contributed by atoms with Gasteiger partial charge >= 0.3 is 12.0 Å². The average molecular weight is 319 g/mol. The van der Waals surface area contributed by atoms with E-state index in [-0.39, 0.29) is 19.6 Å². The zero-order chi connectivity index (χ0) is 14.8. The second-order valence-corrected chi connectivity index (χ2v) is 5.30.